The molecule has 130 valence electrons. The molecule has 1 aromatic carbocycles. The summed E-state index contributed by atoms with van der Waals surface area (Å²) in [6.45, 7) is 6.00. The van der Waals surface area contributed by atoms with Gasteiger partial charge in [0.1, 0.15) is 11.7 Å². The first-order valence-corrected chi connectivity index (χ1v) is 9.35. The number of hydrogen-bond acceptors (Lipinski definition) is 4. The Hall–Kier alpha value is -2.21. The number of aryl methyl sites for hydroxylation is 3. The fourth-order valence-electron chi connectivity index (χ4n) is 4.00. The second kappa shape index (κ2) is 5.66. The molecule has 3 atom stereocenters. The van der Waals surface area contributed by atoms with E-state index in [9.17, 15) is 9.59 Å². The van der Waals surface area contributed by atoms with Crippen molar-refractivity contribution in [3.05, 3.63) is 40.0 Å². The highest BCUT2D eigenvalue weighted by Crippen LogP contribution is 2.48. The van der Waals surface area contributed by atoms with Crippen molar-refractivity contribution in [2.45, 2.75) is 45.7 Å². The van der Waals surface area contributed by atoms with Crippen molar-refractivity contribution in [2.75, 3.05) is 0 Å². The number of carbonyl (C=O) groups is 2. The van der Waals surface area contributed by atoms with Gasteiger partial charge in [0.2, 0.25) is 5.91 Å². The molecule has 2 fully saturated rings. The lowest BCUT2D eigenvalue weighted by Crippen LogP contribution is -2.46. The van der Waals surface area contributed by atoms with Crippen LogP contribution in [0.5, 0.6) is 0 Å². The summed E-state index contributed by atoms with van der Waals surface area (Å²) in [5.74, 6) is -0.154. The third kappa shape index (κ3) is 2.74. The molecule has 2 aromatic rings. The number of aromatic nitrogens is 1. The van der Waals surface area contributed by atoms with Gasteiger partial charge in [-0.25, -0.2) is 4.98 Å². The maximum absolute atomic E-state index is 13.2. The third-order valence-corrected chi connectivity index (χ3v) is 6.11. The SMILES string of the molecule is Cc1cc(C)cc(-c2sc(C)nc2C(=O)N2[C@H](C(N)=O)C[C@@H]3C[C@@H]32)c1. The maximum atomic E-state index is 13.2. The number of rotatable bonds is 3. The van der Waals surface area contributed by atoms with Crippen LogP contribution in [0, 0.1) is 26.7 Å². The Bertz CT molecular complexity index is 869. The molecule has 0 unspecified atom stereocenters. The number of benzene rings is 1. The average Bonchev–Trinajstić information content (AvgIpc) is 3.01. The molecule has 1 aliphatic carbocycles. The molecule has 0 radical (unpaired) electrons. The van der Waals surface area contributed by atoms with Crippen molar-refractivity contribution in [3.63, 3.8) is 0 Å². The van der Waals surface area contributed by atoms with Gasteiger partial charge in [-0.1, -0.05) is 29.3 Å². The quantitative estimate of drug-likeness (QED) is 0.920. The molecule has 6 heteroatoms. The number of carbonyl (C=O) groups excluding carboxylic acids is 2. The molecule has 2 heterocycles. The summed E-state index contributed by atoms with van der Waals surface area (Å²) in [5.41, 5.74) is 9.29. The lowest BCUT2D eigenvalue weighted by Gasteiger charge is -2.24. The van der Waals surface area contributed by atoms with E-state index < -0.39 is 11.9 Å². The summed E-state index contributed by atoms with van der Waals surface area (Å²) in [7, 11) is 0. The van der Waals surface area contributed by atoms with Crippen LogP contribution in [0.1, 0.15) is 39.5 Å². The Morgan fingerprint density at radius 1 is 1.16 bits per heavy atom. The molecule has 0 spiro atoms. The van der Waals surface area contributed by atoms with Crippen LogP contribution in [0.2, 0.25) is 0 Å². The van der Waals surface area contributed by atoms with Crippen LogP contribution in [-0.4, -0.2) is 33.8 Å². The molecule has 4 rings (SSSR count). The number of fused-ring (bicyclic) bond motifs is 1. The van der Waals surface area contributed by atoms with Gasteiger partial charge in [0.15, 0.2) is 0 Å². The van der Waals surface area contributed by atoms with Crippen molar-refractivity contribution in [2.24, 2.45) is 11.7 Å². The first-order chi connectivity index (χ1) is 11.8. The molecule has 25 heavy (non-hydrogen) atoms. The van der Waals surface area contributed by atoms with Gasteiger partial charge in [0.25, 0.3) is 5.91 Å². The standard InChI is InChI=1S/C19H21N3O2S/c1-9-4-10(2)6-13(5-9)17-16(21-11(3)25-17)19(24)22-14-7-12(14)8-15(22)18(20)23/h4-6,12,14-15H,7-8H2,1-3H3,(H2,20,23)/t12-,14-,15-/m0/s1. The van der Waals surface area contributed by atoms with Gasteiger partial charge in [0, 0.05) is 6.04 Å². The second-order valence-corrected chi connectivity index (χ2v) is 8.42. The molecule has 1 saturated carbocycles. The number of likely N-dealkylation sites (tertiary alicyclic amines) is 1. The smallest absolute Gasteiger partial charge is 0.274 e. The van der Waals surface area contributed by atoms with E-state index in [0.29, 0.717) is 18.0 Å². The summed E-state index contributed by atoms with van der Waals surface area (Å²) in [6.07, 6.45) is 1.66. The molecule has 2 amide bonds. The van der Waals surface area contributed by atoms with Crippen LogP contribution in [0.25, 0.3) is 10.4 Å². The van der Waals surface area contributed by atoms with Crippen molar-refractivity contribution < 1.29 is 9.59 Å². The summed E-state index contributed by atoms with van der Waals surface area (Å²) < 4.78 is 0. The maximum Gasteiger partial charge on any atom is 0.274 e. The van der Waals surface area contributed by atoms with E-state index in [1.54, 1.807) is 4.90 Å². The van der Waals surface area contributed by atoms with Crippen molar-refractivity contribution in [3.8, 4) is 10.4 Å². The van der Waals surface area contributed by atoms with E-state index >= 15 is 0 Å². The minimum atomic E-state index is -0.495. The molecule has 5 nitrogen and oxygen atoms in total. The van der Waals surface area contributed by atoms with Gasteiger partial charge in [-0.15, -0.1) is 11.3 Å². The van der Waals surface area contributed by atoms with Gasteiger partial charge in [-0.05, 0) is 45.1 Å². The lowest BCUT2D eigenvalue weighted by atomic mass is 10.0. The van der Waals surface area contributed by atoms with Crippen LogP contribution < -0.4 is 5.73 Å². The molecule has 1 saturated heterocycles. The predicted octanol–water partition coefficient (Wildman–Crippen LogP) is 2.82. The zero-order valence-corrected chi connectivity index (χ0v) is 15.4. The zero-order valence-electron chi connectivity index (χ0n) is 14.6. The summed E-state index contributed by atoms with van der Waals surface area (Å²) in [4.78, 5) is 32.1. The van der Waals surface area contributed by atoms with Gasteiger partial charge in [-0.3, -0.25) is 9.59 Å². The van der Waals surface area contributed by atoms with Gasteiger partial charge < -0.3 is 10.6 Å². The minimum Gasteiger partial charge on any atom is -0.368 e. The highest BCUT2D eigenvalue weighted by atomic mass is 32.1. The number of hydrogen-bond donors (Lipinski definition) is 1. The lowest BCUT2D eigenvalue weighted by molar-refractivity contribution is -0.122. The number of nitrogens with zero attached hydrogens (tertiary/aromatic N) is 2. The molecule has 2 aliphatic rings. The molecular formula is C19H21N3O2S. The monoisotopic (exact) mass is 355 g/mol. The van der Waals surface area contributed by atoms with Crippen molar-refractivity contribution in [1.29, 1.82) is 0 Å². The van der Waals surface area contributed by atoms with Crippen LogP contribution in [0.15, 0.2) is 18.2 Å². The summed E-state index contributed by atoms with van der Waals surface area (Å²) >= 11 is 1.52. The van der Waals surface area contributed by atoms with Crippen LogP contribution in [-0.2, 0) is 4.79 Å². The average molecular weight is 355 g/mol. The van der Waals surface area contributed by atoms with E-state index in [0.717, 1.165) is 33.0 Å². The van der Waals surface area contributed by atoms with E-state index in [4.69, 9.17) is 5.73 Å². The number of thiazole rings is 1. The minimum absolute atomic E-state index is 0.152. The molecule has 2 N–H and O–H groups in total. The van der Waals surface area contributed by atoms with Crippen LogP contribution in [0.3, 0.4) is 0 Å². The van der Waals surface area contributed by atoms with E-state index in [-0.39, 0.29) is 11.9 Å². The fraction of sp³-hybridized carbons (Fsp3) is 0.421. The van der Waals surface area contributed by atoms with E-state index in [2.05, 4.69) is 23.2 Å². The van der Waals surface area contributed by atoms with Gasteiger partial charge in [0.05, 0.1) is 9.88 Å². The van der Waals surface area contributed by atoms with Crippen LogP contribution in [0.4, 0.5) is 0 Å². The topological polar surface area (TPSA) is 76.3 Å². The normalized spacial score (nSPS) is 24.3. The second-order valence-electron chi connectivity index (χ2n) is 7.22. The molecular weight excluding hydrogens is 334 g/mol. The van der Waals surface area contributed by atoms with E-state index in [1.807, 2.05) is 20.8 Å². The number of primary amides is 1. The fourth-order valence-corrected chi connectivity index (χ4v) is 4.90. The van der Waals surface area contributed by atoms with Gasteiger partial charge >= 0.3 is 0 Å². The number of amides is 2. The van der Waals surface area contributed by atoms with Crippen molar-refractivity contribution >= 4 is 23.2 Å². The molecule has 1 aromatic heterocycles. The highest BCUT2D eigenvalue weighted by molar-refractivity contribution is 7.15. The Morgan fingerprint density at radius 2 is 1.84 bits per heavy atom. The summed E-state index contributed by atoms with van der Waals surface area (Å²) in [6, 6.07) is 5.92. The molecule has 0 bridgehead atoms. The van der Waals surface area contributed by atoms with Crippen LogP contribution >= 0.6 is 11.3 Å². The Morgan fingerprint density at radius 3 is 2.48 bits per heavy atom. The van der Waals surface area contributed by atoms with Crippen molar-refractivity contribution in [1.82, 2.24) is 9.88 Å². The third-order valence-electron chi connectivity index (χ3n) is 5.09. The first-order valence-electron chi connectivity index (χ1n) is 8.53. The Balaban J connectivity index is 1.76. The first kappa shape index (κ1) is 16.3. The summed E-state index contributed by atoms with van der Waals surface area (Å²) in [5, 5.41) is 0.847. The Kier molecular flexibility index (Phi) is 3.68. The van der Waals surface area contributed by atoms with Gasteiger partial charge in [-0.2, -0.15) is 0 Å². The Labute approximate surface area is 150 Å². The predicted molar refractivity (Wildman–Crippen MR) is 97.4 cm³/mol. The van der Waals surface area contributed by atoms with E-state index in [1.165, 1.54) is 11.3 Å². The highest BCUT2D eigenvalue weighted by Gasteiger charge is 2.56. The largest absolute Gasteiger partial charge is 0.368 e. The number of nitrogens with two attached hydrogens (primary N) is 1. The zero-order chi connectivity index (χ0) is 17.9. The molecule has 1 aliphatic heterocycles. The number of piperidine rings is 1.